The van der Waals surface area contributed by atoms with Gasteiger partial charge in [0.05, 0.1) is 12.7 Å². The van der Waals surface area contributed by atoms with Gasteiger partial charge in [0.15, 0.2) is 0 Å². The largest absolute Gasteiger partial charge is 0.392 e. The SMILES string of the molecule is CC(O)c1cc2cc(CO)ccc2c(=O)[nH]1.NC=O. The molecular formula is C13H16N2O4. The van der Waals surface area contributed by atoms with Gasteiger partial charge in [-0.3, -0.25) is 9.59 Å². The van der Waals surface area contributed by atoms with Crippen LogP contribution in [0.5, 0.6) is 0 Å². The fourth-order valence-electron chi connectivity index (χ4n) is 1.66. The Morgan fingerprint density at radius 2 is 2.05 bits per heavy atom. The van der Waals surface area contributed by atoms with Gasteiger partial charge in [-0.25, -0.2) is 0 Å². The highest BCUT2D eigenvalue weighted by atomic mass is 16.3. The van der Waals surface area contributed by atoms with Crippen molar-refractivity contribution in [3.05, 3.63) is 45.9 Å². The highest BCUT2D eigenvalue weighted by Crippen LogP contribution is 2.16. The predicted octanol–water partition coefficient (Wildman–Crippen LogP) is 0.175. The molecule has 0 spiro atoms. The number of aromatic amines is 1. The van der Waals surface area contributed by atoms with E-state index in [1.807, 2.05) is 0 Å². The third kappa shape index (κ3) is 3.64. The van der Waals surface area contributed by atoms with Gasteiger partial charge < -0.3 is 20.9 Å². The van der Waals surface area contributed by atoms with E-state index in [4.69, 9.17) is 9.90 Å². The first kappa shape index (κ1) is 14.9. The van der Waals surface area contributed by atoms with Crippen molar-refractivity contribution in [1.82, 2.24) is 4.98 Å². The number of aliphatic hydroxyl groups excluding tert-OH is 2. The van der Waals surface area contributed by atoms with Gasteiger partial charge in [-0.05, 0) is 36.1 Å². The van der Waals surface area contributed by atoms with Crippen molar-refractivity contribution in [3.8, 4) is 0 Å². The normalized spacial score (nSPS) is 11.5. The molecule has 2 aromatic rings. The van der Waals surface area contributed by atoms with Crippen LogP contribution >= 0.6 is 0 Å². The zero-order valence-corrected chi connectivity index (χ0v) is 10.5. The molecule has 1 aromatic heterocycles. The molecule has 0 saturated heterocycles. The van der Waals surface area contributed by atoms with Crippen LogP contribution in [0, 0.1) is 0 Å². The number of aromatic nitrogens is 1. The molecule has 0 saturated carbocycles. The van der Waals surface area contributed by atoms with E-state index in [2.05, 4.69) is 10.7 Å². The van der Waals surface area contributed by atoms with Crippen LogP contribution in [0.4, 0.5) is 0 Å². The zero-order valence-electron chi connectivity index (χ0n) is 10.5. The summed E-state index contributed by atoms with van der Waals surface area (Å²) in [5.41, 5.74) is 5.17. The Balaban J connectivity index is 0.000000550. The molecule has 1 heterocycles. The second-order valence-electron chi connectivity index (χ2n) is 3.95. The van der Waals surface area contributed by atoms with Gasteiger partial charge >= 0.3 is 0 Å². The summed E-state index contributed by atoms with van der Waals surface area (Å²) >= 11 is 0. The van der Waals surface area contributed by atoms with Gasteiger partial charge in [-0.15, -0.1) is 0 Å². The third-order valence-electron chi connectivity index (χ3n) is 2.56. The Morgan fingerprint density at radius 1 is 1.42 bits per heavy atom. The summed E-state index contributed by atoms with van der Waals surface area (Å²) in [6.45, 7) is 1.53. The molecule has 1 unspecified atom stereocenters. The van der Waals surface area contributed by atoms with Crippen molar-refractivity contribution >= 4 is 17.2 Å². The maximum Gasteiger partial charge on any atom is 0.256 e. The fraction of sp³-hybridized carbons (Fsp3) is 0.231. The summed E-state index contributed by atoms with van der Waals surface area (Å²) in [6.07, 6.45) is -0.463. The van der Waals surface area contributed by atoms with Gasteiger partial charge in [0.1, 0.15) is 0 Å². The topological polar surface area (TPSA) is 116 Å². The van der Waals surface area contributed by atoms with E-state index >= 15 is 0 Å². The van der Waals surface area contributed by atoms with Crippen molar-refractivity contribution in [3.63, 3.8) is 0 Å². The molecule has 0 aliphatic rings. The maximum atomic E-state index is 11.7. The molecule has 1 atom stereocenters. The number of pyridine rings is 1. The van der Waals surface area contributed by atoms with Gasteiger partial charge in [0, 0.05) is 11.1 Å². The van der Waals surface area contributed by atoms with Crippen LogP contribution in [0.3, 0.4) is 0 Å². The zero-order chi connectivity index (χ0) is 14.4. The number of nitrogens with two attached hydrogens (primary N) is 1. The number of H-pyrrole nitrogens is 1. The second kappa shape index (κ2) is 6.67. The highest BCUT2D eigenvalue weighted by molar-refractivity contribution is 5.82. The number of amides is 1. The first-order chi connectivity index (χ1) is 9.03. The standard InChI is InChI=1S/C12H13NO3.CH3NO/c1-7(15)11-5-9-4-8(6-14)2-3-10(9)12(16)13-11;2-1-3/h2-5,7,14-15H,6H2,1H3,(H,13,16);1H,(H2,2,3). The minimum absolute atomic E-state index is 0.0627. The average Bonchev–Trinajstić information content (AvgIpc) is 2.38. The van der Waals surface area contributed by atoms with E-state index in [1.165, 1.54) is 0 Å². The number of benzene rings is 1. The summed E-state index contributed by atoms with van der Waals surface area (Å²) < 4.78 is 0. The van der Waals surface area contributed by atoms with E-state index in [-0.39, 0.29) is 18.6 Å². The van der Waals surface area contributed by atoms with Crippen molar-refractivity contribution in [1.29, 1.82) is 0 Å². The maximum absolute atomic E-state index is 11.7. The number of rotatable bonds is 2. The van der Waals surface area contributed by atoms with Crippen LogP contribution in [0.2, 0.25) is 0 Å². The summed E-state index contributed by atoms with van der Waals surface area (Å²) in [4.78, 5) is 22.9. The molecule has 102 valence electrons. The number of hydrogen-bond acceptors (Lipinski definition) is 4. The first-order valence-corrected chi connectivity index (χ1v) is 5.63. The molecule has 0 fully saturated rings. The van der Waals surface area contributed by atoms with Crippen molar-refractivity contribution in [2.45, 2.75) is 19.6 Å². The van der Waals surface area contributed by atoms with Crippen LogP contribution in [0.15, 0.2) is 29.1 Å². The molecule has 0 aliphatic heterocycles. The molecule has 1 amide bonds. The van der Waals surface area contributed by atoms with Gasteiger partial charge in [0.25, 0.3) is 5.56 Å². The van der Waals surface area contributed by atoms with Crippen molar-refractivity contribution in [2.75, 3.05) is 0 Å². The fourth-order valence-corrected chi connectivity index (χ4v) is 1.66. The lowest BCUT2D eigenvalue weighted by atomic mass is 10.1. The molecule has 6 heteroatoms. The Kier molecular flexibility index (Phi) is 5.23. The number of primary amides is 1. The molecule has 0 radical (unpaired) electrons. The molecule has 0 bridgehead atoms. The Labute approximate surface area is 109 Å². The minimum Gasteiger partial charge on any atom is -0.392 e. The van der Waals surface area contributed by atoms with Crippen molar-refractivity contribution < 1.29 is 15.0 Å². The predicted molar refractivity (Wildman–Crippen MR) is 71.4 cm³/mol. The van der Waals surface area contributed by atoms with E-state index in [1.54, 1.807) is 31.2 Å². The number of fused-ring (bicyclic) bond motifs is 1. The summed E-state index contributed by atoms with van der Waals surface area (Å²) in [5.74, 6) is 0. The average molecular weight is 264 g/mol. The van der Waals surface area contributed by atoms with Crippen LogP contribution in [-0.4, -0.2) is 21.6 Å². The Bertz CT molecular complexity index is 620. The second-order valence-corrected chi connectivity index (χ2v) is 3.95. The summed E-state index contributed by atoms with van der Waals surface area (Å²) in [7, 11) is 0. The molecule has 5 N–H and O–H groups in total. The quantitative estimate of drug-likeness (QED) is 0.579. The molecular weight excluding hydrogens is 248 g/mol. The summed E-state index contributed by atoms with van der Waals surface area (Å²) in [6, 6.07) is 6.85. The third-order valence-corrected chi connectivity index (χ3v) is 2.56. The molecule has 2 rings (SSSR count). The van der Waals surface area contributed by atoms with E-state index in [0.717, 1.165) is 10.9 Å². The van der Waals surface area contributed by atoms with Crippen LogP contribution < -0.4 is 11.3 Å². The van der Waals surface area contributed by atoms with Crippen LogP contribution in [0.25, 0.3) is 10.8 Å². The Morgan fingerprint density at radius 3 is 2.58 bits per heavy atom. The lowest BCUT2D eigenvalue weighted by molar-refractivity contribution is -0.106. The van der Waals surface area contributed by atoms with E-state index in [0.29, 0.717) is 11.1 Å². The van der Waals surface area contributed by atoms with E-state index < -0.39 is 6.10 Å². The minimum atomic E-state index is -0.713. The number of hydrogen-bond donors (Lipinski definition) is 4. The molecule has 1 aromatic carbocycles. The lowest BCUT2D eigenvalue weighted by Crippen LogP contribution is -2.11. The van der Waals surface area contributed by atoms with Crippen molar-refractivity contribution in [2.24, 2.45) is 5.73 Å². The first-order valence-electron chi connectivity index (χ1n) is 5.63. The molecule has 19 heavy (non-hydrogen) atoms. The lowest BCUT2D eigenvalue weighted by Gasteiger charge is -2.06. The number of carbonyl (C=O) groups is 1. The van der Waals surface area contributed by atoms with Gasteiger partial charge in [-0.1, -0.05) is 6.07 Å². The monoisotopic (exact) mass is 264 g/mol. The van der Waals surface area contributed by atoms with Gasteiger partial charge in [-0.2, -0.15) is 0 Å². The highest BCUT2D eigenvalue weighted by Gasteiger charge is 2.06. The molecule has 0 aliphatic carbocycles. The number of nitrogens with one attached hydrogen (secondary N) is 1. The Hall–Kier alpha value is -2.18. The summed E-state index contributed by atoms with van der Waals surface area (Å²) in [5, 5.41) is 19.7. The number of carbonyl (C=O) groups excluding carboxylic acids is 1. The number of aliphatic hydroxyl groups is 2. The van der Waals surface area contributed by atoms with Crippen LogP contribution in [-0.2, 0) is 11.4 Å². The smallest absolute Gasteiger partial charge is 0.256 e. The van der Waals surface area contributed by atoms with Gasteiger partial charge in [0.2, 0.25) is 6.41 Å². The van der Waals surface area contributed by atoms with E-state index in [9.17, 15) is 9.90 Å². The molecule has 6 nitrogen and oxygen atoms in total. The van der Waals surface area contributed by atoms with Crippen LogP contribution in [0.1, 0.15) is 24.3 Å².